The zero-order chi connectivity index (χ0) is 10.4. The van der Waals surface area contributed by atoms with Crippen molar-refractivity contribution in [1.29, 1.82) is 5.26 Å². The number of nitriles is 1. The quantitative estimate of drug-likeness (QED) is 0.686. The minimum absolute atomic E-state index is 0.284. The fourth-order valence-corrected chi connectivity index (χ4v) is 1.06. The minimum atomic E-state index is -0.284. The van der Waals surface area contributed by atoms with E-state index in [2.05, 4.69) is 5.32 Å². The summed E-state index contributed by atoms with van der Waals surface area (Å²) in [5, 5.41) is 20.6. The van der Waals surface area contributed by atoms with Crippen molar-refractivity contribution in [3.8, 4) is 6.07 Å². The molecule has 1 rings (SSSR count). The average molecular weight is 194 g/mol. The van der Waals surface area contributed by atoms with Crippen molar-refractivity contribution >= 4 is 0 Å². The van der Waals surface area contributed by atoms with Crippen molar-refractivity contribution in [3.63, 3.8) is 0 Å². The molecule has 0 aromatic carbocycles. The Kier molecular flexibility index (Phi) is 4.17. The molecule has 76 valence electrons. The maximum absolute atomic E-state index is 8.99. The van der Waals surface area contributed by atoms with Gasteiger partial charge in [0.05, 0.1) is 12.6 Å². The van der Waals surface area contributed by atoms with Crippen LogP contribution in [0.1, 0.15) is 24.9 Å². The van der Waals surface area contributed by atoms with Crippen LogP contribution >= 0.6 is 0 Å². The van der Waals surface area contributed by atoms with E-state index < -0.39 is 0 Å². The summed E-state index contributed by atoms with van der Waals surface area (Å²) in [6.07, 6.45) is 0.431. The normalized spacial score (nSPS) is 12.4. The van der Waals surface area contributed by atoms with Crippen molar-refractivity contribution < 1.29 is 9.52 Å². The molecule has 1 atom stereocenters. The maximum atomic E-state index is 8.99. The molecule has 14 heavy (non-hydrogen) atoms. The smallest absolute Gasteiger partial charge is 0.203 e. The molecule has 4 nitrogen and oxygen atoms in total. The Labute approximate surface area is 83.2 Å². The Bertz CT molecular complexity index is 312. The van der Waals surface area contributed by atoms with E-state index in [9.17, 15) is 0 Å². The van der Waals surface area contributed by atoms with Crippen molar-refractivity contribution in [1.82, 2.24) is 5.32 Å². The molecule has 0 fully saturated rings. The molecule has 0 radical (unpaired) electrons. The summed E-state index contributed by atoms with van der Waals surface area (Å²) >= 11 is 0. The number of nitrogens with one attached hydrogen (secondary N) is 1. The van der Waals surface area contributed by atoms with Gasteiger partial charge in [0.25, 0.3) is 0 Å². The van der Waals surface area contributed by atoms with Crippen LogP contribution in [0.3, 0.4) is 0 Å². The first-order valence-corrected chi connectivity index (χ1v) is 4.60. The van der Waals surface area contributed by atoms with Crippen LogP contribution < -0.4 is 5.32 Å². The molecule has 0 aliphatic rings. The van der Waals surface area contributed by atoms with Gasteiger partial charge >= 0.3 is 0 Å². The van der Waals surface area contributed by atoms with E-state index in [1.165, 1.54) is 0 Å². The fourth-order valence-electron chi connectivity index (χ4n) is 1.06. The highest BCUT2D eigenvalue weighted by molar-refractivity contribution is 5.18. The van der Waals surface area contributed by atoms with Gasteiger partial charge in [0, 0.05) is 0 Å². The van der Waals surface area contributed by atoms with Gasteiger partial charge in [0.2, 0.25) is 5.76 Å². The first-order valence-electron chi connectivity index (χ1n) is 4.60. The van der Waals surface area contributed by atoms with Gasteiger partial charge in [-0.15, -0.1) is 0 Å². The van der Waals surface area contributed by atoms with Gasteiger partial charge in [0.1, 0.15) is 11.8 Å². The molecule has 0 spiro atoms. The van der Waals surface area contributed by atoms with Crippen molar-refractivity contribution in [2.45, 2.75) is 26.0 Å². The molecule has 4 heteroatoms. The Morgan fingerprint density at radius 3 is 3.00 bits per heavy atom. The monoisotopic (exact) mass is 194 g/mol. The summed E-state index contributed by atoms with van der Waals surface area (Å²) in [4.78, 5) is 0. The molecule has 0 saturated heterocycles. The minimum Gasteiger partial charge on any atom is -0.449 e. The topological polar surface area (TPSA) is 69.2 Å². The Balaban J connectivity index is 2.22. The molecular weight excluding hydrogens is 180 g/mol. The standard InChI is InChI=1S/C10H14N2O2/c1-8(13)4-5-12-7-10-3-2-9(6-11)14-10/h2-3,8,12-13H,4-5,7H2,1H3. The molecule has 1 unspecified atom stereocenters. The highest BCUT2D eigenvalue weighted by Crippen LogP contribution is 2.05. The zero-order valence-electron chi connectivity index (χ0n) is 8.16. The van der Waals surface area contributed by atoms with Crippen molar-refractivity contribution in [2.75, 3.05) is 6.54 Å². The highest BCUT2D eigenvalue weighted by atomic mass is 16.3. The summed E-state index contributed by atoms with van der Waals surface area (Å²) in [7, 11) is 0. The van der Waals surface area contributed by atoms with Crippen molar-refractivity contribution in [3.05, 3.63) is 23.7 Å². The number of rotatable bonds is 5. The molecule has 0 saturated carbocycles. The zero-order valence-corrected chi connectivity index (χ0v) is 8.16. The summed E-state index contributed by atoms with van der Waals surface area (Å²) in [6, 6.07) is 5.34. The summed E-state index contributed by atoms with van der Waals surface area (Å²) in [6.45, 7) is 3.08. The van der Waals surface area contributed by atoms with Gasteiger partial charge in [0.15, 0.2) is 0 Å². The third-order valence-electron chi connectivity index (χ3n) is 1.81. The van der Waals surface area contributed by atoms with E-state index in [1.54, 1.807) is 19.1 Å². The van der Waals surface area contributed by atoms with Gasteiger partial charge < -0.3 is 14.8 Å². The third kappa shape index (κ3) is 3.60. The maximum Gasteiger partial charge on any atom is 0.203 e. The van der Waals surface area contributed by atoms with E-state index in [-0.39, 0.29) is 6.10 Å². The molecule has 0 amide bonds. The van der Waals surface area contributed by atoms with Crippen molar-refractivity contribution in [2.24, 2.45) is 0 Å². The number of aliphatic hydroxyl groups excluding tert-OH is 1. The van der Waals surface area contributed by atoms with Crippen LogP contribution in [-0.2, 0) is 6.54 Å². The summed E-state index contributed by atoms with van der Waals surface area (Å²) in [5.41, 5.74) is 0. The lowest BCUT2D eigenvalue weighted by Crippen LogP contribution is -2.18. The van der Waals surface area contributed by atoms with Crippen LogP contribution in [0, 0.1) is 11.3 Å². The predicted octanol–water partition coefficient (Wildman–Crippen LogP) is 1.01. The lowest BCUT2D eigenvalue weighted by molar-refractivity contribution is 0.183. The molecular formula is C10H14N2O2. The lowest BCUT2D eigenvalue weighted by Gasteiger charge is -2.04. The van der Waals surface area contributed by atoms with Crippen LogP contribution in [-0.4, -0.2) is 17.8 Å². The SMILES string of the molecule is CC(O)CCNCc1ccc(C#N)o1. The first kappa shape index (κ1) is 10.8. The highest BCUT2D eigenvalue weighted by Gasteiger charge is 2.00. The fraction of sp³-hybridized carbons (Fsp3) is 0.500. The molecule has 1 aromatic rings. The molecule has 0 bridgehead atoms. The first-order chi connectivity index (χ1) is 6.72. The van der Waals surface area contributed by atoms with E-state index in [1.807, 2.05) is 6.07 Å². The van der Waals surface area contributed by atoms with Crippen LogP contribution in [0.2, 0.25) is 0 Å². The third-order valence-corrected chi connectivity index (χ3v) is 1.81. The van der Waals surface area contributed by atoms with Gasteiger partial charge in [-0.05, 0) is 32.0 Å². The molecule has 1 heterocycles. The van der Waals surface area contributed by atoms with E-state index in [0.29, 0.717) is 18.7 Å². The Morgan fingerprint density at radius 1 is 1.64 bits per heavy atom. The Morgan fingerprint density at radius 2 is 2.43 bits per heavy atom. The average Bonchev–Trinajstić information content (AvgIpc) is 2.60. The van der Waals surface area contributed by atoms with Gasteiger partial charge in [-0.1, -0.05) is 0 Å². The number of furan rings is 1. The van der Waals surface area contributed by atoms with Crippen LogP contribution in [0.15, 0.2) is 16.5 Å². The molecule has 0 aliphatic heterocycles. The van der Waals surface area contributed by atoms with E-state index in [0.717, 1.165) is 12.3 Å². The van der Waals surface area contributed by atoms with Gasteiger partial charge in [-0.2, -0.15) is 5.26 Å². The van der Waals surface area contributed by atoms with E-state index >= 15 is 0 Å². The number of aliphatic hydroxyl groups is 1. The van der Waals surface area contributed by atoms with E-state index in [4.69, 9.17) is 14.8 Å². The summed E-state index contributed by atoms with van der Waals surface area (Å²) < 4.78 is 5.15. The van der Waals surface area contributed by atoms with Crippen LogP contribution in [0.5, 0.6) is 0 Å². The predicted molar refractivity (Wildman–Crippen MR) is 51.4 cm³/mol. The molecule has 2 N–H and O–H groups in total. The number of hydrogen-bond donors (Lipinski definition) is 2. The lowest BCUT2D eigenvalue weighted by atomic mass is 10.3. The Hall–Kier alpha value is -1.31. The van der Waals surface area contributed by atoms with Gasteiger partial charge in [-0.25, -0.2) is 0 Å². The number of hydrogen-bond acceptors (Lipinski definition) is 4. The second-order valence-electron chi connectivity index (χ2n) is 3.19. The second kappa shape index (κ2) is 5.43. The molecule has 0 aliphatic carbocycles. The van der Waals surface area contributed by atoms with Crippen LogP contribution in [0.25, 0.3) is 0 Å². The largest absolute Gasteiger partial charge is 0.449 e. The van der Waals surface area contributed by atoms with Crippen LogP contribution in [0.4, 0.5) is 0 Å². The van der Waals surface area contributed by atoms with Gasteiger partial charge in [-0.3, -0.25) is 0 Å². The number of nitrogens with zero attached hydrogens (tertiary/aromatic N) is 1. The summed E-state index contributed by atoms with van der Waals surface area (Å²) in [5.74, 6) is 1.07. The second-order valence-corrected chi connectivity index (χ2v) is 3.19. The molecule has 1 aromatic heterocycles.